The number of anilines is 1. The minimum absolute atomic E-state index is 0.938. The molecule has 0 atom stereocenters. The molecule has 3 nitrogen and oxygen atoms in total. The van der Waals surface area contributed by atoms with E-state index in [0.717, 1.165) is 19.1 Å². The fourth-order valence-corrected chi connectivity index (χ4v) is 2.82. The summed E-state index contributed by atoms with van der Waals surface area (Å²) < 4.78 is 0. The van der Waals surface area contributed by atoms with Crippen LogP contribution in [-0.4, -0.2) is 55.1 Å². The Balaban J connectivity index is 1.35. The maximum atomic E-state index is 3.51. The number of nitrogens with one attached hydrogen (secondary N) is 1. The van der Waals surface area contributed by atoms with Crippen molar-refractivity contribution in [3.05, 3.63) is 29.8 Å². The molecular weight excluding hydrogens is 234 g/mol. The Morgan fingerprint density at radius 2 is 1.74 bits per heavy atom. The van der Waals surface area contributed by atoms with E-state index >= 15 is 0 Å². The molecule has 3 rings (SSSR count). The van der Waals surface area contributed by atoms with E-state index in [9.17, 15) is 0 Å². The highest BCUT2D eigenvalue weighted by molar-refractivity contribution is 5.44. The first-order chi connectivity index (χ1) is 9.31. The molecule has 1 aliphatic carbocycles. The Morgan fingerprint density at radius 3 is 2.37 bits per heavy atom. The lowest BCUT2D eigenvalue weighted by Crippen LogP contribution is -2.48. The second kappa shape index (κ2) is 5.93. The number of benzene rings is 1. The molecule has 1 saturated heterocycles. The molecular formula is C16H25N3. The molecule has 0 spiro atoms. The lowest BCUT2D eigenvalue weighted by atomic mass is 10.2. The van der Waals surface area contributed by atoms with Crippen LogP contribution in [0.2, 0.25) is 0 Å². The van der Waals surface area contributed by atoms with E-state index in [0.29, 0.717) is 0 Å². The molecule has 1 aromatic rings. The maximum Gasteiger partial charge on any atom is 0.0340 e. The zero-order valence-electron chi connectivity index (χ0n) is 11.9. The van der Waals surface area contributed by atoms with Gasteiger partial charge in [0.1, 0.15) is 0 Å². The van der Waals surface area contributed by atoms with Crippen LogP contribution in [-0.2, 0) is 0 Å². The van der Waals surface area contributed by atoms with Crippen molar-refractivity contribution < 1.29 is 0 Å². The summed E-state index contributed by atoms with van der Waals surface area (Å²) in [5.41, 5.74) is 2.56. The van der Waals surface area contributed by atoms with Gasteiger partial charge in [0.05, 0.1) is 0 Å². The Hall–Kier alpha value is -1.06. The SMILES string of the molecule is Cc1ccc(NCCN2CCN(C3CC3)CC2)cc1. The van der Waals surface area contributed by atoms with E-state index < -0.39 is 0 Å². The van der Waals surface area contributed by atoms with Gasteiger partial charge in [-0.25, -0.2) is 0 Å². The van der Waals surface area contributed by atoms with Gasteiger partial charge >= 0.3 is 0 Å². The number of hydrogen-bond donors (Lipinski definition) is 1. The third-order valence-electron chi connectivity index (χ3n) is 4.28. The molecule has 1 aromatic carbocycles. The molecule has 2 fully saturated rings. The Morgan fingerprint density at radius 1 is 1.05 bits per heavy atom. The van der Waals surface area contributed by atoms with Crippen LogP contribution >= 0.6 is 0 Å². The van der Waals surface area contributed by atoms with Crippen molar-refractivity contribution >= 4 is 5.69 Å². The van der Waals surface area contributed by atoms with Crippen LogP contribution in [0.25, 0.3) is 0 Å². The first kappa shape index (κ1) is 12.9. The van der Waals surface area contributed by atoms with Gasteiger partial charge in [-0.05, 0) is 31.9 Å². The van der Waals surface area contributed by atoms with Gasteiger partial charge in [0, 0.05) is 51.0 Å². The van der Waals surface area contributed by atoms with Crippen LogP contribution in [0.3, 0.4) is 0 Å². The summed E-state index contributed by atoms with van der Waals surface area (Å²) in [5, 5.41) is 3.51. The highest BCUT2D eigenvalue weighted by Gasteiger charge is 2.30. The largest absolute Gasteiger partial charge is 0.384 e. The predicted molar refractivity (Wildman–Crippen MR) is 80.7 cm³/mol. The molecule has 0 amide bonds. The van der Waals surface area contributed by atoms with E-state index in [1.54, 1.807) is 0 Å². The standard InChI is InChI=1S/C16H25N3/c1-14-2-4-15(5-3-14)17-8-9-18-10-12-19(13-11-18)16-6-7-16/h2-5,16-17H,6-13H2,1H3. The van der Waals surface area contributed by atoms with Crippen molar-refractivity contribution in [2.45, 2.75) is 25.8 Å². The summed E-state index contributed by atoms with van der Waals surface area (Å²) in [7, 11) is 0. The van der Waals surface area contributed by atoms with Crippen LogP contribution in [0.4, 0.5) is 5.69 Å². The zero-order valence-corrected chi connectivity index (χ0v) is 11.9. The van der Waals surface area contributed by atoms with Crippen molar-refractivity contribution in [3.8, 4) is 0 Å². The van der Waals surface area contributed by atoms with Gasteiger partial charge in [-0.2, -0.15) is 0 Å². The smallest absolute Gasteiger partial charge is 0.0340 e. The quantitative estimate of drug-likeness (QED) is 0.874. The highest BCUT2D eigenvalue weighted by atomic mass is 15.3. The minimum Gasteiger partial charge on any atom is -0.384 e. The van der Waals surface area contributed by atoms with Crippen molar-refractivity contribution in [1.82, 2.24) is 9.80 Å². The van der Waals surface area contributed by atoms with Gasteiger partial charge in [0.2, 0.25) is 0 Å². The number of piperazine rings is 1. The van der Waals surface area contributed by atoms with Gasteiger partial charge in [0.25, 0.3) is 0 Å². The molecule has 1 N–H and O–H groups in total. The second-order valence-corrected chi connectivity index (χ2v) is 5.90. The van der Waals surface area contributed by atoms with Gasteiger partial charge in [-0.1, -0.05) is 17.7 Å². The monoisotopic (exact) mass is 259 g/mol. The second-order valence-electron chi connectivity index (χ2n) is 5.90. The van der Waals surface area contributed by atoms with Crippen LogP contribution in [0, 0.1) is 6.92 Å². The summed E-state index contributed by atoms with van der Waals surface area (Å²) in [6.07, 6.45) is 2.88. The molecule has 0 unspecified atom stereocenters. The molecule has 3 heteroatoms. The van der Waals surface area contributed by atoms with Crippen molar-refractivity contribution in [1.29, 1.82) is 0 Å². The van der Waals surface area contributed by atoms with Gasteiger partial charge in [-0.15, -0.1) is 0 Å². The van der Waals surface area contributed by atoms with E-state index in [2.05, 4.69) is 46.3 Å². The average Bonchev–Trinajstić information content (AvgIpc) is 3.26. The fourth-order valence-electron chi connectivity index (χ4n) is 2.82. The van der Waals surface area contributed by atoms with E-state index in [1.165, 1.54) is 50.3 Å². The summed E-state index contributed by atoms with van der Waals surface area (Å²) >= 11 is 0. The van der Waals surface area contributed by atoms with Gasteiger partial charge < -0.3 is 5.32 Å². The number of hydrogen-bond acceptors (Lipinski definition) is 3. The van der Waals surface area contributed by atoms with Crippen LogP contribution < -0.4 is 5.32 Å². The summed E-state index contributed by atoms with van der Waals surface area (Å²) in [5.74, 6) is 0. The Bertz CT molecular complexity index is 389. The fraction of sp³-hybridized carbons (Fsp3) is 0.625. The third kappa shape index (κ3) is 3.71. The molecule has 19 heavy (non-hydrogen) atoms. The molecule has 1 saturated carbocycles. The van der Waals surface area contributed by atoms with Crippen LogP contribution in [0.15, 0.2) is 24.3 Å². The zero-order chi connectivity index (χ0) is 13.1. The summed E-state index contributed by atoms with van der Waals surface area (Å²) in [6.45, 7) is 9.37. The molecule has 0 bridgehead atoms. The van der Waals surface area contributed by atoms with Gasteiger partial charge in [-0.3, -0.25) is 9.80 Å². The van der Waals surface area contributed by atoms with Crippen molar-refractivity contribution in [2.75, 3.05) is 44.6 Å². The third-order valence-corrected chi connectivity index (χ3v) is 4.28. The first-order valence-electron chi connectivity index (χ1n) is 7.58. The summed E-state index contributed by atoms with van der Waals surface area (Å²) in [4.78, 5) is 5.25. The van der Waals surface area contributed by atoms with Crippen LogP contribution in [0.5, 0.6) is 0 Å². The molecule has 1 heterocycles. The molecule has 0 radical (unpaired) electrons. The highest BCUT2D eigenvalue weighted by Crippen LogP contribution is 2.27. The number of aryl methyl sites for hydroxylation is 1. The maximum absolute atomic E-state index is 3.51. The van der Waals surface area contributed by atoms with E-state index in [-0.39, 0.29) is 0 Å². The topological polar surface area (TPSA) is 18.5 Å². The average molecular weight is 259 g/mol. The summed E-state index contributed by atoms with van der Waals surface area (Å²) in [6, 6.07) is 9.60. The van der Waals surface area contributed by atoms with Crippen molar-refractivity contribution in [2.24, 2.45) is 0 Å². The number of rotatable bonds is 5. The lowest BCUT2D eigenvalue weighted by Gasteiger charge is -2.34. The Kier molecular flexibility index (Phi) is 4.04. The number of nitrogens with zero attached hydrogens (tertiary/aromatic N) is 2. The normalized spacial score (nSPS) is 21.5. The lowest BCUT2D eigenvalue weighted by molar-refractivity contribution is 0.130. The van der Waals surface area contributed by atoms with Crippen molar-refractivity contribution in [3.63, 3.8) is 0 Å². The van der Waals surface area contributed by atoms with E-state index in [1.807, 2.05) is 0 Å². The molecule has 104 valence electrons. The minimum atomic E-state index is 0.938. The molecule has 2 aliphatic rings. The first-order valence-corrected chi connectivity index (χ1v) is 7.58. The van der Waals surface area contributed by atoms with E-state index in [4.69, 9.17) is 0 Å². The van der Waals surface area contributed by atoms with Crippen LogP contribution in [0.1, 0.15) is 18.4 Å². The molecule has 0 aromatic heterocycles. The van der Waals surface area contributed by atoms with Gasteiger partial charge in [0.15, 0.2) is 0 Å². The predicted octanol–water partition coefficient (Wildman–Crippen LogP) is 2.19. The Labute approximate surface area is 116 Å². The molecule has 1 aliphatic heterocycles.